The quantitative estimate of drug-likeness (QED) is 0.817. The maximum Gasteiger partial charge on any atom is 0.250 e. The number of nitrogens with zero attached hydrogens (tertiary/aromatic N) is 3. The van der Waals surface area contributed by atoms with Crippen molar-refractivity contribution in [2.45, 2.75) is 38.1 Å². The van der Waals surface area contributed by atoms with Crippen LogP contribution in [-0.2, 0) is 4.74 Å². The van der Waals surface area contributed by atoms with E-state index in [0.29, 0.717) is 17.9 Å². The molecule has 3 atom stereocenters. The Morgan fingerprint density at radius 2 is 1.92 bits per heavy atom. The second-order valence-corrected chi connectivity index (χ2v) is 7.92. The molecule has 2 bridgehead atoms. The van der Waals surface area contributed by atoms with E-state index in [1.807, 2.05) is 6.07 Å². The predicted octanol–water partition coefficient (Wildman–Crippen LogP) is 1.94. The Bertz CT molecular complexity index is 638. The van der Waals surface area contributed by atoms with Gasteiger partial charge in [0.2, 0.25) is 0 Å². The molecule has 0 unspecified atom stereocenters. The van der Waals surface area contributed by atoms with Crippen molar-refractivity contribution in [3.05, 3.63) is 34.2 Å². The Labute approximate surface area is 150 Å². The Balaban J connectivity index is 1.49. The Morgan fingerprint density at radius 1 is 1.12 bits per heavy atom. The van der Waals surface area contributed by atoms with Gasteiger partial charge in [-0.25, -0.2) is 0 Å². The minimum Gasteiger partial charge on any atom is -0.379 e. The van der Waals surface area contributed by atoms with E-state index in [1.54, 1.807) is 6.07 Å². The molecule has 0 spiro atoms. The summed E-state index contributed by atoms with van der Waals surface area (Å²) in [5.74, 6) is 1.14. The number of fused-ring (bicyclic) bond motifs is 4. The molecule has 0 radical (unpaired) electrons. The second-order valence-electron chi connectivity index (χ2n) is 7.92. The molecule has 5 nitrogen and oxygen atoms in total. The summed E-state index contributed by atoms with van der Waals surface area (Å²) in [6.07, 6.45) is 3.51. The summed E-state index contributed by atoms with van der Waals surface area (Å²) in [6.45, 7) is 10.6. The molecule has 0 N–H and O–H groups in total. The molecule has 0 saturated carbocycles. The molecule has 3 aliphatic heterocycles. The van der Waals surface area contributed by atoms with Crippen LogP contribution in [0.15, 0.2) is 23.0 Å². The highest BCUT2D eigenvalue weighted by Gasteiger charge is 2.39. The standard InChI is InChI=1S/C20H31N3O2/c1-2-4-18-16-13-17(19-5-3-6-20(24)23(18)19)15-22(14-16)8-7-21-9-11-25-12-10-21/h3,5-6,16-18H,2,4,7-15H2,1H3/t16-,17+,18-/m0/s1. The molecule has 3 aliphatic rings. The highest BCUT2D eigenvalue weighted by Crippen LogP contribution is 2.42. The number of rotatable bonds is 5. The SMILES string of the molecule is CCC[C@H]1[C@H]2C[C@H](CN(CCN3CCOCC3)C2)c2cccc(=O)n21. The fourth-order valence-electron chi connectivity index (χ4n) is 5.09. The number of pyridine rings is 1. The minimum atomic E-state index is 0.201. The molecule has 25 heavy (non-hydrogen) atoms. The van der Waals surface area contributed by atoms with Gasteiger partial charge in [0, 0.05) is 63.0 Å². The molecule has 0 aromatic carbocycles. The lowest BCUT2D eigenvalue weighted by Gasteiger charge is -2.47. The summed E-state index contributed by atoms with van der Waals surface area (Å²) in [7, 11) is 0. The summed E-state index contributed by atoms with van der Waals surface area (Å²) in [5.41, 5.74) is 1.48. The van der Waals surface area contributed by atoms with Crippen molar-refractivity contribution >= 4 is 0 Å². The van der Waals surface area contributed by atoms with Gasteiger partial charge in [-0.1, -0.05) is 19.4 Å². The van der Waals surface area contributed by atoms with Crippen molar-refractivity contribution in [2.75, 3.05) is 52.5 Å². The number of hydrogen-bond acceptors (Lipinski definition) is 4. The van der Waals surface area contributed by atoms with Gasteiger partial charge < -0.3 is 14.2 Å². The maximum atomic E-state index is 12.5. The van der Waals surface area contributed by atoms with Crippen LogP contribution in [0.1, 0.15) is 43.8 Å². The monoisotopic (exact) mass is 345 g/mol. The normalized spacial score (nSPS) is 30.2. The van der Waals surface area contributed by atoms with E-state index >= 15 is 0 Å². The van der Waals surface area contributed by atoms with E-state index in [1.165, 1.54) is 12.1 Å². The van der Waals surface area contributed by atoms with Crippen LogP contribution in [0.5, 0.6) is 0 Å². The summed E-state index contributed by atoms with van der Waals surface area (Å²) in [4.78, 5) is 17.7. The van der Waals surface area contributed by atoms with Crippen molar-refractivity contribution in [2.24, 2.45) is 5.92 Å². The third-order valence-corrected chi connectivity index (χ3v) is 6.29. The van der Waals surface area contributed by atoms with E-state index in [0.717, 1.165) is 65.3 Å². The van der Waals surface area contributed by atoms with Crippen LogP contribution in [-0.4, -0.2) is 66.8 Å². The van der Waals surface area contributed by atoms with Gasteiger partial charge in [0.15, 0.2) is 0 Å². The van der Waals surface area contributed by atoms with Crippen molar-refractivity contribution < 1.29 is 4.74 Å². The van der Waals surface area contributed by atoms with Gasteiger partial charge >= 0.3 is 0 Å². The molecule has 5 heteroatoms. The number of piperidine rings is 1. The van der Waals surface area contributed by atoms with Crippen LogP contribution in [0, 0.1) is 5.92 Å². The van der Waals surface area contributed by atoms with Crippen LogP contribution >= 0.6 is 0 Å². The smallest absolute Gasteiger partial charge is 0.250 e. The predicted molar refractivity (Wildman–Crippen MR) is 99.2 cm³/mol. The van der Waals surface area contributed by atoms with E-state index in [2.05, 4.69) is 27.4 Å². The highest BCUT2D eigenvalue weighted by molar-refractivity contribution is 5.19. The molecule has 4 heterocycles. The molecule has 138 valence electrons. The lowest BCUT2D eigenvalue weighted by atomic mass is 9.77. The molecule has 4 rings (SSSR count). The lowest BCUT2D eigenvalue weighted by molar-refractivity contribution is 0.0253. The van der Waals surface area contributed by atoms with E-state index in [4.69, 9.17) is 4.74 Å². The van der Waals surface area contributed by atoms with Crippen LogP contribution < -0.4 is 5.56 Å². The van der Waals surface area contributed by atoms with Crippen molar-refractivity contribution in [1.29, 1.82) is 0 Å². The molecule has 2 fully saturated rings. The van der Waals surface area contributed by atoms with Crippen LogP contribution in [0.3, 0.4) is 0 Å². The van der Waals surface area contributed by atoms with Gasteiger partial charge in [0.25, 0.3) is 5.56 Å². The third-order valence-electron chi connectivity index (χ3n) is 6.29. The fraction of sp³-hybridized carbons (Fsp3) is 0.750. The molecular weight excluding hydrogens is 314 g/mol. The number of aromatic nitrogens is 1. The Morgan fingerprint density at radius 3 is 2.72 bits per heavy atom. The molecule has 0 aliphatic carbocycles. The van der Waals surface area contributed by atoms with E-state index in [-0.39, 0.29) is 5.56 Å². The summed E-state index contributed by atoms with van der Waals surface area (Å²) in [6, 6.07) is 6.26. The van der Waals surface area contributed by atoms with Gasteiger partial charge in [0.05, 0.1) is 13.2 Å². The van der Waals surface area contributed by atoms with Crippen molar-refractivity contribution in [1.82, 2.24) is 14.4 Å². The first kappa shape index (κ1) is 17.3. The van der Waals surface area contributed by atoms with Crippen LogP contribution in [0.25, 0.3) is 0 Å². The van der Waals surface area contributed by atoms with Gasteiger partial charge in [-0.15, -0.1) is 0 Å². The number of morpholine rings is 1. The highest BCUT2D eigenvalue weighted by atomic mass is 16.5. The average molecular weight is 345 g/mol. The topological polar surface area (TPSA) is 37.7 Å². The van der Waals surface area contributed by atoms with Gasteiger partial charge in [-0.3, -0.25) is 9.69 Å². The Hall–Kier alpha value is -1.17. The fourth-order valence-corrected chi connectivity index (χ4v) is 5.09. The molecule has 0 amide bonds. The van der Waals surface area contributed by atoms with Crippen molar-refractivity contribution in [3.8, 4) is 0 Å². The van der Waals surface area contributed by atoms with Crippen LogP contribution in [0.2, 0.25) is 0 Å². The van der Waals surface area contributed by atoms with Gasteiger partial charge in [-0.2, -0.15) is 0 Å². The van der Waals surface area contributed by atoms with E-state index < -0.39 is 0 Å². The zero-order valence-electron chi connectivity index (χ0n) is 15.4. The first-order valence-corrected chi connectivity index (χ1v) is 10.00. The van der Waals surface area contributed by atoms with Crippen molar-refractivity contribution in [3.63, 3.8) is 0 Å². The number of ether oxygens (including phenoxy) is 1. The Kier molecular flexibility index (Phi) is 5.25. The van der Waals surface area contributed by atoms with Crippen LogP contribution in [0.4, 0.5) is 0 Å². The average Bonchev–Trinajstić information content (AvgIpc) is 2.64. The van der Waals surface area contributed by atoms with Gasteiger partial charge in [0.1, 0.15) is 0 Å². The van der Waals surface area contributed by atoms with Gasteiger partial charge in [-0.05, 0) is 24.8 Å². The number of hydrogen-bond donors (Lipinski definition) is 0. The summed E-state index contributed by atoms with van der Waals surface area (Å²) >= 11 is 0. The molecule has 2 saturated heterocycles. The lowest BCUT2D eigenvalue weighted by Crippen LogP contribution is -2.51. The minimum absolute atomic E-state index is 0.201. The summed E-state index contributed by atoms with van der Waals surface area (Å²) in [5, 5.41) is 0. The number of likely N-dealkylation sites (tertiary alicyclic amines) is 1. The third kappa shape index (κ3) is 3.55. The second kappa shape index (κ2) is 7.60. The molecule has 1 aromatic rings. The molecule has 1 aromatic heterocycles. The first-order valence-electron chi connectivity index (χ1n) is 10.00. The summed E-state index contributed by atoms with van der Waals surface area (Å²) < 4.78 is 7.60. The zero-order valence-corrected chi connectivity index (χ0v) is 15.4. The molecular formula is C20H31N3O2. The first-order chi connectivity index (χ1) is 12.3. The largest absolute Gasteiger partial charge is 0.379 e. The zero-order chi connectivity index (χ0) is 17.2. The maximum absolute atomic E-state index is 12.5. The van der Waals surface area contributed by atoms with E-state index in [9.17, 15) is 4.79 Å².